The number of aromatic amines is 1. The van der Waals surface area contributed by atoms with E-state index >= 15 is 0 Å². The summed E-state index contributed by atoms with van der Waals surface area (Å²) in [7, 11) is 0. The summed E-state index contributed by atoms with van der Waals surface area (Å²) in [6, 6.07) is 22.1. The molecule has 0 unspecified atom stereocenters. The molecule has 0 saturated heterocycles. The molecule has 56 heavy (non-hydrogen) atoms. The average Bonchev–Trinajstić information content (AvgIpc) is 3.88. The molecule has 0 atom stereocenters. The maximum absolute atomic E-state index is 12.5. The zero-order valence-corrected chi connectivity index (χ0v) is 29.3. The molecule has 0 saturated carbocycles. The Hall–Kier alpha value is -6.38. The fourth-order valence-electron chi connectivity index (χ4n) is 4.00. The molecule has 0 fully saturated rings. The van der Waals surface area contributed by atoms with Gasteiger partial charge in [0.1, 0.15) is 13.2 Å². The van der Waals surface area contributed by atoms with E-state index in [1.807, 2.05) is 18.2 Å². The fourth-order valence-corrected chi connectivity index (χ4v) is 4.16. The first-order chi connectivity index (χ1) is 26.2. The molecule has 4 aromatic heterocycles. The predicted octanol–water partition coefficient (Wildman–Crippen LogP) is 7.09. The highest BCUT2D eigenvalue weighted by atomic mass is 79.9. The highest BCUT2D eigenvalue weighted by Crippen LogP contribution is 2.31. The van der Waals surface area contributed by atoms with Crippen molar-refractivity contribution < 1.29 is 54.2 Å². The second kappa shape index (κ2) is 20.3. The Morgan fingerprint density at radius 1 is 0.696 bits per heavy atom. The number of rotatable bonds is 9. The second-order valence-corrected chi connectivity index (χ2v) is 11.2. The van der Waals surface area contributed by atoms with Gasteiger partial charge in [0.25, 0.3) is 5.56 Å². The number of halogens is 7. The second-order valence-electron chi connectivity index (χ2n) is 10.4. The molecule has 6 aromatic rings. The molecule has 0 amide bonds. The van der Waals surface area contributed by atoms with Crippen LogP contribution < -0.4 is 11.1 Å². The monoisotopic (exact) mass is 854 g/mol. The van der Waals surface area contributed by atoms with Crippen LogP contribution in [0, 0.1) is 0 Å². The molecular formula is C35H29BrF6N6O8. The third-order valence-electron chi connectivity index (χ3n) is 6.49. The van der Waals surface area contributed by atoms with Crippen LogP contribution in [0.3, 0.4) is 0 Å². The first-order valence-electron chi connectivity index (χ1n) is 15.4. The van der Waals surface area contributed by atoms with E-state index in [0.717, 1.165) is 12.1 Å². The van der Waals surface area contributed by atoms with Crippen molar-refractivity contribution in [3.63, 3.8) is 0 Å². The molecule has 21 heteroatoms. The van der Waals surface area contributed by atoms with E-state index in [2.05, 4.69) is 50.1 Å². The first-order valence-corrected chi connectivity index (χ1v) is 16.5. The number of esters is 2. The van der Waals surface area contributed by atoms with Gasteiger partial charge < -0.3 is 27.9 Å². The molecule has 0 spiro atoms. The van der Waals surface area contributed by atoms with E-state index in [-0.39, 0.29) is 43.6 Å². The summed E-state index contributed by atoms with van der Waals surface area (Å²) in [6.07, 6.45) is -6.84. The molecule has 14 nitrogen and oxygen atoms in total. The van der Waals surface area contributed by atoms with Crippen LogP contribution in [0.15, 0.2) is 116 Å². The van der Waals surface area contributed by atoms with Crippen LogP contribution in [0.25, 0.3) is 22.9 Å². The lowest BCUT2D eigenvalue weighted by Crippen LogP contribution is -2.22. The van der Waals surface area contributed by atoms with Gasteiger partial charge in [-0.2, -0.15) is 26.3 Å². The smallest absolute Gasteiger partial charge is 0.461 e. The summed E-state index contributed by atoms with van der Waals surface area (Å²) in [5.74, 6) is -4.49. The Labute approximate surface area is 320 Å². The van der Waals surface area contributed by atoms with Gasteiger partial charge in [-0.05, 0) is 36.4 Å². The van der Waals surface area contributed by atoms with Gasteiger partial charge in [0.15, 0.2) is 0 Å². The molecule has 6 rings (SSSR count). The van der Waals surface area contributed by atoms with E-state index in [9.17, 15) is 45.5 Å². The largest absolute Gasteiger partial charge is 0.470 e. The Bertz CT molecular complexity index is 2280. The number of hydrogen-bond donors (Lipinski definition) is 1. The van der Waals surface area contributed by atoms with Crippen molar-refractivity contribution in [2.24, 2.45) is 0 Å². The number of carbonyl (C=O) groups excluding carboxylic acids is 2. The van der Waals surface area contributed by atoms with E-state index in [0.29, 0.717) is 23.1 Å². The maximum atomic E-state index is 12.5. The SMILES string of the molecule is C.O=C(OCCBr)c1ccccc1.O=C(OCCn1ccc(-c2nnc(C(F)(F)F)o2)cc1=O)c1ccccc1.O=c1cc(-c2nnc(C(F)(F)F)o2)cc[nH]1. The van der Waals surface area contributed by atoms with Crippen LogP contribution in [-0.4, -0.2) is 60.4 Å². The number of nitrogens with zero attached hydrogens (tertiary/aromatic N) is 5. The van der Waals surface area contributed by atoms with Gasteiger partial charge >= 0.3 is 36.1 Å². The van der Waals surface area contributed by atoms with Crippen molar-refractivity contribution in [1.82, 2.24) is 29.9 Å². The van der Waals surface area contributed by atoms with Gasteiger partial charge in [0.05, 0.1) is 17.7 Å². The summed E-state index contributed by atoms with van der Waals surface area (Å²) in [5.41, 5.74) is 0.182. The molecule has 1 N–H and O–H groups in total. The summed E-state index contributed by atoms with van der Waals surface area (Å²) in [6.45, 7) is 0.439. The third kappa shape index (κ3) is 13.2. The van der Waals surface area contributed by atoms with E-state index in [1.54, 1.807) is 42.5 Å². The van der Waals surface area contributed by atoms with Gasteiger partial charge in [-0.3, -0.25) is 9.59 Å². The first kappa shape index (κ1) is 44.0. The summed E-state index contributed by atoms with van der Waals surface area (Å²) in [5, 5.41) is 12.9. The van der Waals surface area contributed by atoms with E-state index < -0.39 is 47.1 Å². The maximum Gasteiger partial charge on any atom is 0.470 e. The fraction of sp³-hybridized carbons (Fsp3) is 0.200. The number of pyridine rings is 2. The lowest BCUT2D eigenvalue weighted by Gasteiger charge is -2.07. The van der Waals surface area contributed by atoms with Gasteiger partial charge in [0.2, 0.25) is 17.3 Å². The predicted molar refractivity (Wildman–Crippen MR) is 188 cm³/mol. The Balaban J connectivity index is 0.000000246. The van der Waals surface area contributed by atoms with Crippen LogP contribution in [-0.2, 0) is 28.4 Å². The number of nitrogens with one attached hydrogen (secondary N) is 1. The molecule has 4 heterocycles. The highest BCUT2D eigenvalue weighted by molar-refractivity contribution is 9.09. The zero-order chi connectivity index (χ0) is 40.0. The standard InChI is InChI=1S/C17H12F3N3O4.C9H9BrO2.C8H4F3N3O2.CH4/c18-17(19,20)16-22-21-14(27-16)12-6-7-23(13(24)10-12)8-9-26-15(25)11-4-2-1-3-5-11;10-6-7-12-9(11)8-4-2-1-3-5-8;9-8(10,11)7-14-13-6(16-7)4-1-2-12-5(15)3-4;/h1-7,10H,8-9H2;1-5H,6-7H2;1-3H,(H,12,15);1H4. The summed E-state index contributed by atoms with van der Waals surface area (Å²) < 4.78 is 94.0. The van der Waals surface area contributed by atoms with Gasteiger partial charge in [0, 0.05) is 41.0 Å². The molecule has 0 bridgehead atoms. The Kier molecular flexibility index (Phi) is 16.0. The number of H-pyrrole nitrogens is 1. The third-order valence-corrected chi connectivity index (χ3v) is 6.82. The van der Waals surface area contributed by atoms with Crippen molar-refractivity contribution in [1.29, 1.82) is 0 Å². The number of carbonyl (C=O) groups is 2. The van der Waals surface area contributed by atoms with Crippen LogP contribution in [0.4, 0.5) is 26.3 Å². The zero-order valence-electron chi connectivity index (χ0n) is 27.7. The van der Waals surface area contributed by atoms with Gasteiger partial charge in [-0.15, -0.1) is 20.4 Å². The molecule has 0 aliphatic carbocycles. The topological polar surface area (TPSA) is 185 Å². The van der Waals surface area contributed by atoms with Gasteiger partial charge in [-0.1, -0.05) is 59.8 Å². The molecule has 0 radical (unpaired) electrons. The van der Waals surface area contributed by atoms with Crippen LogP contribution in [0.5, 0.6) is 0 Å². The van der Waals surface area contributed by atoms with Crippen LogP contribution >= 0.6 is 15.9 Å². The van der Waals surface area contributed by atoms with Crippen LogP contribution in [0.2, 0.25) is 0 Å². The summed E-state index contributed by atoms with van der Waals surface area (Å²) in [4.78, 5) is 48.3. The van der Waals surface area contributed by atoms with Crippen LogP contribution in [0.1, 0.15) is 39.9 Å². The lowest BCUT2D eigenvalue weighted by molar-refractivity contribution is -0.157. The minimum atomic E-state index is -4.76. The number of benzene rings is 2. The number of aromatic nitrogens is 6. The van der Waals surface area contributed by atoms with E-state index in [1.165, 1.54) is 29.1 Å². The van der Waals surface area contributed by atoms with Crippen molar-refractivity contribution >= 4 is 27.9 Å². The Morgan fingerprint density at radius 2 is 1.18 bits per heavy atom. The normalized spacial score (nSPS) is 10.8. The van der Waals surface area contributed by atoms with Crippen molar-refractivity contribution in [2.75, 3.05) is 18.5 Å². The lowest BCUT2D eigenvalue weighted by atomic mass is 10.2. The molecule has 0 aliphatic heterocycles. The quantitative estimate of drug-likeness (QED) is 0.0886. The van der Waals surface area contributed by atoms with Gasteiger partial charge in [-0.25, -0.2) is 9.59 Å². The van der Waals surface area contributed by atoms with Crippen molar-refractivity contribution in [3.05, 3.63) is 141 Å². The van der Waals surface area contributed by atoms with Crippen molar-refractivity contribution in [3.8, 4) is 22.9 Å². The summed E-state index contributed by atoms with van der Waals surface area (Å²) >= 11 is 3.17. The number of alkyl halides is 7. The molecule has 0 aliphatic rings. The molecular weight excluding hydrogens is 826 g/mol. The van der Waals surface area contributed by atoms with Crippen molar-refractivity contribution in [2.45, 2.75) is 26.3 Å². The Morgan fingerprint density at radius 3 is 1.61 bits per heavy atom. The minimum Gasteiger partial charge on any atom is -0.461 e. The highest BCUT2D eigenvalue weighted by Gasteiger charge is 2.39. The molecule has 296 valence electrons. The van der Waals surface area contributed by atoms with E-state index in [4.69, 9.17) is 9.47 Å². The molecule has 2 aromatic carbocycles. The minimum absolute atomic E-state index is 0. The number of hydrogen-bond acceptors (Lipinski definition) is 12. The number of ether oxygens (including phenoxy) is 2. The average molecular weight is 856 g/mol.